The molecular weight excluding hydrogens is 255 g/mol. The second kappa shape index (κ2) is 4.86. The summed E-state index contributed by atoms with van der Waals surface area (Å²) in [7, 11) is 0. The van der Waals surface area contributed by atoms with Gasteiger partial charge in [-0.2, -0.15) is 0 Å². The molecule has 0 aliphatic carbocycles. The van der Waals surface area contributed by atoms with E-state index in [9.17, 15) is 0 Å². The second-order valence-electron chi connectivity index (χ2n) is 3.80. The van der Waals surface area contributed by atoms with Gasteiger partial charge in [0.2, 0.25) is 0 Å². The highest BCUT2D eigenvalue weighted by molar-refractivity contribution is 6.39. The maximum Gasteiger partial charge on any atom is 0.0764 e. The Morgan fingerprint density at radius 3 is 2.24 bits per heavy atom. The number of benzene rings is 2. The molecule has 0 spiro atoms. The van der Waals surface area contributed by atoms with Gasteiger partial charge in [0, 0.05) is 11.4 Å². The van der Waals surface area contributed by atoms with Crippen LogP contribution in [0.15, 0.2) is 36.4 Å². The maximum atomic E-state index is 6.11. The first-order valence-electron chi connectivity index (χ1n) is 5.15. The summed E-state index contributed by atoms with van der Waals surface area (Å²) < 4.78 is 0. The highest BCUT2D eigenvalue weighted by Crippen LogP contribution is 2.35. The van der Waals surface area contributed by atoms with Crippen LogP contribution in [0.2, 0.25) is 10.0 Å². The molecule has 17 heavy (non-hydrogen) atoms. The number of nitrogen functional groups attached to an aromatic ring is 1. The minimum Gasteiger partial charge on any atom is -0.399 e. The van der Waals surface area contributed by atoms with Crippen LogP contribution < -0.4 is 11.1 Å². The molecule has 0 fully saturated rings. The molecule has 0 aliphatic rings. The summed E-state index contributed by atoms with van der Waals surface area (Å²) in [6.07, 6.45) is 0. The van der Waals surface area contributed by atoms with Crippen molar-refractivity contribution >= 4 is 40.3 Å². The molecule has 2 rings (SSSR count). The van der Waals surface area contributed by atoms with E-state index in [-0.39, 0.29) is 0 Å². The molecule has 2 aromatic carbocycles. The molecule has 3 N–H and O–H groups in total. The number of hydrogen-bond acceptors (Lipinski definition) is 2. The zero-order chi connectivity index (χ0) is 12.4. The van der Waals surface area contributed by atoms with E-state index in [2.05, 4.69) is 5.32 Å². The Morgan fingerprint density at radius 1 is 1.06 bits per heavy atom. The molecule has 0 saturated carbocycles. The second-order valence-corrected chi connectivity index (χ2v) is 4.61. The minimum atomic E-state index is 0.512. The summed E-state index contributed by atoms with van der Waals surface area (Å²) >= 11 is 12.2. The van der Waals surface area contributed by atoms with Gasteiger partial charge in [0.05, 0.1) is 15.7 Å². The lowest BCUT2D eigenvalue weighted by Crippen LogP contribution is -1.96. The predicted octanol–water partition coefficient (Wildman–Crippen LogP) is 4.63. The van der Waals surface area contributed by atoms with Crippen LogP contribution >= 0.6 is 23.2 Å². The lowest BCUT2D eigenvalue weighted by Gasteiger charge is -2.13. The van der Waals surface area contributed by atoms with Gasteiger partial charge in [-0.1, -0.05) is 41.4 Å². The SMILES string of the molecule is Cc1ccccc1Nc1c(Cl)cc(N)cc1Cl. The molecule has 88 valence electrons. The Bertz CT molecular complexity index is 530. The maximum absolute atomic E-state index is 6.11. The van der Waals surface area contributed by atoms with Crippen molar-refractivity contribution in [3.8, 4) is 0 Å². The van der Waals surface area contributed by atoms with Crippen LogP contribution in [0, 0.1) is 6.92 Å². The Morgan fingerprint density at radius 2 is 1.65 bits per heavy atom. The molecule has 2 aromatic rings. The zero-order valence-electron chi connectivity index (χ0n) is 9.30. The number of rotatable bonds is 2. The Hall–Kier alpha value is -1.38. The fourth-order valence-corrected chi connectivity index (χ4v) is 2.16. The molecule has 0 bridgehead atoms. The first kappa shape index (κ1) is 12.1. The van der Waals surface area contributed by atoms with E-state index >= 15 is 0 Å². The van der Waals surface area contributed by atoms with Gasteiger partial charge in [-0.15, -0.1) is 0 Å². The van der Waals surface area contributed by atoms with Crippen molar-refractivity contribution in [2.24, 2.45) is 0 Å². The minimum absolute atomic E-state index is 0.512. The molecule has 2 nitrogen and oxygen atoms in total. The van der Waals surface area contributed by atoms with Crippen molar-refractivity contribution in [2.45, 2.75) is 6.92 Å². The molecule has 0 unspecified atom stereocenters. The number of nitrogens with one attached hydrogen (secondary N) is 1. The van der Waals surface area contributed by atoms with E-state index in [1.807, 2.05) is 31.2 Å². The Balaban J connectivity index is 2.40. The van der Waals surface area contributed by atoms with E-state index in [1.54, 1.807) is 12.1 Å². The molecule has 0 amide bonds. The molecule has 4 heteroatoms. The fourth-order valence-electron chi connectivity index (χ4n) is 1.56. The van der Waals surface area contributed by atoms with E-state index in [0.29, 0.717) is 21.4 Å². The van der Waals surface area contributed by atoms with Crippen molar-refractivity contribution in [3.05, 3.63) is 52.0 Å². The lowest BCUT2D eigenvalue weighted by molar-refractivity contribution is 1.43. The van der Waals surface area contributed by atoms with E-state index in [4.69, 9.17) is 28.9 Å². The highest BCUT2D eigenvalue weighted by atomic mass is 35.5. The van der Waals surface area contributed by atoms with Crippen LogP contribution in [0.1, 0.15) is 5.56 Å². The molecular formula is C13H12Cl2N2. The fraction of sp³-hybridized carbons (Fsp3) is 0.0769. The quantitative estimate of drug-likeness (QED) is 0.778. The van der Waals surface area contributed by atoms with Crippen molar-refractivity contribution in [1.82, 2.24) is 0 Å². The molecule has 0 radical (unpaired) electrons. The van der Waals surface area contributed by atoms with Crippen LogP contribution in [-0.2, 0) is 0 Å². The summed E-state index contributed by atoms with van der Waals surface area (Å²) in [5.41, 5.74) is 8.98. The summed E-state index contributed by atoms with van der Waals surface area (Å²) in [6.45, 7) is 2.02. The van der Waals surface area contributed by atoms with Gasteiger partial charge in [0.25, 0.3) is 0 Å². The zero-order valence-corrected chi connectivity index (χ0v) is 10.8. The van der Waals surface area contributed by atoms with Crippen LogP contribution in [0.3, 0.4) is 0 Å². The summed E-state index contributed by atoms with van der Waals surface area (Å²) in [5.74, 6) is 0. The molecule has 0 saturated heterocycles. The van der Waals surface area contributed by atoms with Crippen molar-refractivity contribution in [1.29, 1.82) is 0 Å². The van der Waals surface area contributed by atoms with Gasteiger partial charge < -0.3 is 11.1 Å². The molecule has 0 heterocycles. The summed E-state index contributed by atoms with van der Waals surface area (Å²) in [4.78, 5) is 0. The van der Waals surface area contributed by atoms with Gasteiger partial charge in [-0.05, 0) is 30.7 Å². The van der Waals surface area contributed by atoms with E-state index in [1.165, 1.54) is 0 Å². The van der Waals surface area contributed by atoms with Crippen LogP contribution in [0.4, 0.5) is 17.1 Å². The van der Waals surface area contributed by atoms with Crippen LogP contribution in [0.5, 0.6) is 0 Å². The average molecular weight is 267 g/mol. The standard InChI is InChI=1S/C13H12Cl2N2/c1-8-4-2-3-5-12(8)17-13-10(14)6-9(16)7-11(13)15/h2-7,17H,16H2,1H3. The highest BCUT2D eigenvalue weighted by Gasteiger charge is 2.08. The monoisotopic (exact) mass is 266 g/mol. The number of halogens is 2. The molecule has 0 aromatic heterocycles. The van der Waals surface area contributed by atoms with Crippen LogP contribution in [-0.4, -0.2) is 0 Å². The number of aryl methyl sites for hydroxylation is 1. The van der Waals surface area contributed by atoms with Gasteiger partial charge in [0.1, 0.15) is 0 Å². The average Bonchev–Trinajstić information content (AvgIpc) is 2.25. The molecule has 0 aliphatic heterocycles. The van der Waals surface area contributed by atoms with Crippen molar-refractivity contribution in [2.75, 3.05) is 11.1 Å². The van der Waals surface area contributed by atoms with Gasteiger partial charge in [-0.25, -0.2) is 0 Å². The van der Waals surface area contributed by atoms with Gasteiger partial charge in [0.15, 0.2) is 0 Å². The number of anilines is 3. The van der Waals surface area contributed by atoms with Crippen molar-refractivity contribution < 1.29 is 0 Å². The number of para-hydroxylation sites is 1. The van der Waals surface area contributed by atoms with Gasteiger partial charge >= 0.3 is 0 Å². The largest absolute Gasteiger partial charge is 0.399 e. The molecule has 0 atom stereocenters. The third kappa shape index (κ3) is 2.65. The Labute approximate surface area is 110 Å². The Kier molecular flexibility index (Phi) is 3.46. The first-order chi connectivity index (χ1) is 8.08. The predicted molar refractivity (Wildman–Crippen MR) is 75.3 cm³/mol. The van der Waals surface area contributed by atoms with E-state index < -0.39 is 0 Å². The topological polar surface area (TPSA) is 38.0 Å². The summed E-state index contributed by atoms with van der Waals surface area (Å²) in [6, 6.07) is 11.3. The number of nitrogens with two attached hydrogens (primary N) is 1. The normalized spacial score (nSPS) is 10.3. The van der Waals surface area contributed by atoms with E-state index in [0.717, 1.165) is 11.3 Å². The van der Waals surface area contributed by atoms with Gasteiger partial charge in [-0.3, -0.25) is 0 Å². The lowest BCUT2D eigenvalue weighted by atomic mass is 10.2. The third-order valence-electron chi connectivity index (χ3n) is 2.47. The first-order valence-corrected chi connectivity index (χ1v) is 5.90. The summed E-state index contributed by atoms with van der Waals surface area (Å²) in [5, 5.41) is 4.24. The smallest absolute Gasteiger partial charge is 0.0764 e. The number of hydrogen-bond donors (Lipinski definition) is 2. The van der Waals surface area contributed by atoms with Crippen molar-refractivity contribution in [3.63, 3.8) is 0 Å². The van der Waals surface area contributed by atoms with Crippen LogP contribution in [0.25, 0.3) is 0 Å². The third-order valence-corrected chi connectivity index (χ3v) is 3.07.